The molecular weight excluding hydrogens is 122 g/mol. The van der Waals surface area contributed by atoms with Crippen LogP contribution in [0.5, 0.6) is 0 Å². The van der Waals surface area contributed by atoms with Crippen LogP contribution in [-0.4, -0.2) is 22.0 Å². The second-order valence-electron chi connectivity index (χ2n) is 1.29. The third-order valence-electron chi connectivity index (χ3n) is 0.651. The van der Waals surface area contributed by atoms with Crippen molar-refractivity contribution in [2.45, 2.75) is 6.92 Å². The quantitative estimate of drug-likeness (QED) is 0.323. The minimum Gasteiger partial charge on any atom is -0.476 e. The number of oxime groups is 1. The van der Waals surface area contributed by atoms with E-state index in [1.54, 1.807) is 6.92 Å². The van der Waals surface area contributed by atoms with Crippen molar-refractivity contribution in [3.63, 3.8) is 0 Å². The molecule has 0 amide bonds. The zero-order valence-corrected chi connectivity index (χ0v) is 4.90. The van der Waals surface area contributed by atoms with E-state index in [4.69, 9.17) is 10.3 Å². The fraction of sp³-hybridized carbons (Fsp3) is 0.200. The minimum atomic E-state index is -1.24. The van der Waals surface area contributed by atoms with Gasteiger partial charge >= 0.3 is 5.97 Å². The molecule has 0 fully saturated rings. The summed E-state index contributed by atoms with van der Waals surface area (Å²) >= 11 is 0. The van der Waals surface area contributed by atoms with Crippen LogP contribution in [0, 0.1) is 0 Å². The normalized spacial score (nSPS) is 12.3. The molecule has 0 aromatic heterocycles. The van der Waals surface area contributed by atoms with Crippen molar-refractivity contribution in [3.8, 4) is 0 Å². The lowest BCUT2D eigenvalue weighted by molar-refractivity contribution is -0.129. The minimum absolute atomic E-state index is 0.363. The molecular formula is C5H7NO3. The van der Waals surface area contributed by atoms with Crippen LogP contribution < -0.4 is 0 Å². The lowest BCUT2D eigenvalue weighted by atomic mass is 10.3. The Morgan fingerprint density at radius 2 is 2.22 bits per heavy atom. The van der Waals surface area contributed by atoms with Gasteiger partial charge in [0.05, 0.1) is 0 Å². The first kappa shape index (κ1) is 7.68. The molecule has 0 saturated carbocycles. The van der Waals surface area contributed by atoms with Crippen LogP contribution in [0.1, 0.15) is 6.92 Å². The van der Waals surface area contributed by atoms with E-state index in [1.807, 2.05) is 0 Å². The van der Waals surface area contributed by atoms with Crippen LogP contribution in [-0.2, 0) is 4.79 Å². The van der Waals surface area contributed by atoms with Gasteiger partial charge in [-0.2, -0.15) is 0 Å². The van der Waals surface area contributed by atoms with Crippen LogP contribution in [0.3, 0.4) is 0 Å². The fourth-order valence-electron chi connectivity index (χ4n) is 0.305. The van der Waals surface area contributed by atoms with Crippen LogP contribution in [0.25, 0.3) is 0 Å². The summed E-state index contributed by atoms with van der Waals surface area (Å²) in [4.78, 5) is 9.98. The Balaban J connectivity index is 4.19. The monoisotopic (exact) mass is 129 g/mol. The van der Waals surface area contributed by atoms with Crippen molar-refractivity contribution in [2.24, 2.45) is 5.16 Å². The molecule has 0 aliphatic heterocycles. The Labute approximate surface area is 52.1 Å². The van der Waals surface area contributed by atoms with Crippen molar-refractivity contribution >= 4 is 11.7 Å². The number of aliphatic carboxylic acids is 1. The maximum absolute atomic E-state index is 9.98. The van der Waals surface area contributed by atoms with E-state index in [9.17, 15) is 4.79 Å². The van der Waals surface area contributed by atoms with Crippen molar-refractivity contribution in [1.82, 2.24) is 0 Å². The average Bonchev–Trinajstić information content (AvgIpc) is 1.82. The Morgan fingerprint density at radius 3 is 2.33 bits per heavy atom. The predicted molar refractivity (Wildman–Crippen MR) is 31.7 cm³/mol. The highest BCUT2D eigenvalue weighted by atomic mass is 16.4. The number of carbonyl (C=O) groups is 1. The highest BCUT2D eigenvalue weighted by molar-refractivity contribution is 6.40. The van der Waals surface area contributed by atoms with Gasteiger partial charge in [-0.05, 0) is 13.0 Å². The number of hydrogen-bond acceptors (Lipinski definition) is 3. The predicted octanol–water partition coefficient (Wildman–Crippen LogP) is 0.477. The van der Waals surface area contributed by atoms with Gasteiger partial charge in [0.2, 0.25) is 0 Å². The molecule has 4 nitrogen and oxygen atoms in total. The molecule has 0 spiro atoms. The van der Waals surface area contributed by atoms with Gasteiger partial charge in [0.25, 0.3) is 0 Å². The van der Waals surface area contributed by atoms with Gasteiger partial charge in [0.1, 0.15) is 0 Å². The third kappa shape index (κ3) is 2.48. The van der Waals surface area contributed by atoms with Gasteiger partial charge in [0, 0.05) is 0 Å². The van der Waals surface area contributed by atoms with Gasteiger partial charge in [-0.3, -0.25) is 0 Å². The summed E-state index contributed by atoms with van der Waals surface area (Å²) in [6.07, 6.45) is 2.67. The molecule has 0 aliphatic rings. The second kappa shape index (κ2) is 3.65. The highest BCUT2D eigenvalue weighted by Crippen LogP contribution is 1.79. The molecule has 50 valence electrons. The molecule has 0 atom stereocenters. The number of carboxylic acid groups (broad SMARTS) is 1. The SMILES string of the molecule is CC=CC(=NO)C(=O)O. The van der Waals surface area contributed by atoms with Crippen molar-refractivity contribution in [3.05, 3.63) is 12.2 Å². The van der Waals surface area contributed by atoms with E-state index in [0.29, 0.717) is 0 Å². The van der Waals surface area contributed by atoms with E-state index in [2.05, 4.69) is 5.16 Å². The van der Waals surface area contributed by atoms with E-state index in [-0.39, 0.29) is 5.71 Å². The van der Waals surface area contributed by atoms with Gasteiger partial charge < -0.3 is 10.3 Å². The van der Waals surface area contributed by atoms with E-state index in [1.165, 1.54) is 12.2 Å². The summed E-state index contributed by atoms with van der Waals surface area (Å²) in [5, 5.41) is 18.7. The lowest BCUT2D eigenvalue weighted by Crippen LogP contribution is -2.09. The number of rotatable bonds is 2. The molecule has 0 aromatic carbocycles. The molecule has 0 rings (SSSR count). The summed E-state index contributed by atoms with van der Waals surface area (Å²) in [5.74, 6) is -1.24. The molecule has 0 heterocycles. The molecule has 0 aromatic rings. The van der Waals surface area contributed by atoms with Crippen LogP contribution in [0.2, 0.25) is 0 Å². The molecule has 0 radical (unpaired) electrons. The Morgan fingerprint density at radius 1 is 1.67 bits per heavy atom. The van der Waals surface area contributed by atoms with Crippen LogP contribution >= 0.6 is 0 Å². The lowest BCUT2D eigenvalue weighted by Gasteiger charge is -1.85. The molecule has 0 aliphatic carbocycles. The smallest absolute Gasteiger partial charge is 0.357 e. The molecule has 0 unspecified atom stereocenters. The molecule has 9 heavy (non-hydrogen) atoms. The van der Waals surface area contributed by atoms with Gasteiger partial charge in [0.15, 0.2) is 5.71 Å². The fourth-order valence-corrected chi connectivity index (χ4v) is 0.305. The average molecular weight is 129 g/mol. The number of nitrogens with zero attached hydrogens (tertiary/aromatic N) is 1. The van der Waals surface area contributed by atoms with Gasteiger partial charge in [-0.15, -0.1) is 0 Å². The summed E-state index contributed by atoms with van der Waals surface area (Å²) in [6, 6.07) is 0. The number of allylic oxidation sites excluding steroid dienone is 1. The summed E-state index contributed by atoms with van der Waals surface area (Å²) in [5.41, 5.74) is -0.363. The maximum atomic E-state index is 9.98. The summed E-state index contributed by atoms with van der Waals surface area (Å²) < 4.78 is 0. The maximum Gasteiger partial charge on any atom is 0.357 e. The molecule has 0 bridgehead atoms. The summed E-state index contributed by atoms with van der Waals surface area (Å²) in [6.45, 7) is 1.63. The Kier molecular flexibility index (Phi) is 3.12. The third-order valence-corrected chi connectivity index (χ3v) is 0.651. The van der Waals surface area contributed by atoms with Crippen LogP contribution in [0.15, 0.2) is 17.3 Å². The highest BCUT2D eigenvalue weighted by Gasteiger charge is 2.02. The molecule has 2 N–H and O–H groups in total. The first-order valence-corrected chi connectivity index (χ1v) is 2.30. The standard InChI is InChI=1S/C5H7NO3/c1-2-3-4(6-9)5(7)8/h2-3,9H,1H3,(H,7,8). The first-order chi connectivity index (χ1) is 4.22. The van der Waals surface area contributed by atoms with Crippen molar-refractivity contribution < 1.29 is 15.1 Å². The van der Waals surface area contributed by atoms with Gasteiger partial charge in [-0.1, -0.05) is 11.2 Å². The van der Waals surface area contributed by atoms with E-state index in [0.717, 1.165) is 0 Å². The second-order valence-corrected chi connectivity index (χ2v) is 1.29. The zero-order valence-electron chi connectivity index (χ0n) is 4.90. The molecule has 4 heteroatoms. The van der Waals surface area contributed by atoms with Crippen molar-refractivity contribution in [1.29, 1.82) is 0 Å². The zero-order chi connectivity index (χ0) is 7.28. The van der Waals surface area contributed by atoms with E-state index < -0.39 is 5.97 Å². The Bertz CT molecular complexity index is 160. The number of carboxylic acids is 1. The Hall–Kier alpha value is -1.32. The number of hydrogen-bond donors (Lipinski definition) is 2. The summed E-state index contributed by atoms with van der Waals surface area (Å²) in [7, 11) is 0. The first-order valence-electron chi connectivity index (χ1n) is 2.30. The van der Waals surface area contributed by atoms with Crippen LogP contribution in [0.4, 0.5) is 0 Å². The van der Waals surface area contributed by atoms with E-state index >= 15 is 0 Å². The van der Waals surface area contributed by atoms with Gasteiger partial charge in [-0.25, -0.2) is 4.79 Å². The largest absolute Gasteiger partial charge is 0.476 e. The van der Waals surface area contributed by atoms with Crippen molar-refractivity contribution in [2.75, 3.05) is 0 Å². The molecule has 0 saturated heterocycles. The topological polar surface area (TPSA) is 69.9 Å².